The van der Waals surface area contributed by atoms with Crippen LogP contribution < -0.4 is 5.32 Å². The Labute approximate surface area is 119 Å². The van der Waals surface area contributed by atoms with Crippen LogP contribution in [0.1, 0.15) is 11.1 Å². The third-order valence-electron chi connectivity index (χ3n) is 3.24. The zero-order chi connectivity index (χ0) is 15.5. The van der Waals surface area contributed by atoms with Gasteiger partial charge in [0.15, 0.2) is 5.54 Å². The van der Waals surface area contributed by atoms with Crippen LogP contribution in [0.25, 0.3) is 0 Å². The third-order valence-corrected chi connectivity index (χ3v) is 3.24. The summed E-state index contributed by atoms with van der Waals surface area (Å²) in [4.78, 5) is 0. The van der Waals surface area contributed by atoms with Crippen molar-refractivity contribution in [2.24, 2.45) is 0 Å². The van der Waals surface area contributed by atoms with Crippen LogP contribution in [0.5, 0.6) is 0 Å². The predicted octanol–water partition coefficient (Wildman–Crippen LogP) is 2.54. The molecule has 1 N–H and O–H groups in total. The molecule has 0 spiro atoms. The molecule has 0 saturated heterocycles. The van der Waals surface area contributed by atoms with E-state index in [0.717, 1.165) is 17.1 Å². The Morgan fingerprint density at radius 1 is 1.24 bits per heavy atom. The van der Waals surface area contributed by atoms with E-state index in [1.165, 1.54) is 0 Å². The highest BCUT2D eigenvalue weighted by Gasteiger charge is 2.35. The minimum Gasteiger partial charge on any atom is -0.297 e. The monoisotopic (exact) mass is 294 g/mol. The molecule has 1 atom stereocenters. The summed E-state index contributed by atoms with van der Waals surface area (Å²) in [6, 6.07) is 10.9. The van der Waals surface area contributed by atoms with Crippen LogP contribution >= 0.6 is 0 Å². The van der Waals surface area contributed by atoms with Crippen molar-refractivity contribution in [1.82, 2.24) is 15.1 Å². The largest absolute Gasteiger partial charge is 0.419 e. The van der Waals surface area contributed by atoms with Crippen LogP contribution in [-0.4, -0.2) is 16.8 Å². The van der Waals surface area contributed by atoms with E-state index >= 15 is 0 Å². The van der Waals surface area contributed by atoms with Crippen LogP contribution in [0.15, 0.2) is 42.7 Å². The number of hydrogen-bond donors (Lipinski definition) is 1. The van der Waals surface area contributed by atoms with Crippen molar-refractivity contribution >= 4 is 0 Å². The van der Waals surface area contributed by atoms with Crippen LogP contribution in [0, 0.1) is 11.3 Å². The number of benzene rings is 1. The lowest BCUT2D eigenvalue weighted by atomic mass is 9.91. The van der Waals surface area contributed by atoms with E-state index in [9.17, 15) is 18.4 Å². The van der Waals surface area contributed by atoms with E-state index in [1.807, 2.05) is 0 Å². The zero-order valence-electron chi connectivity index (χ0n) is 11.2. The molecule has 2 rings (SSSR count). The first-order valence-electron chi connectivity index (χ1n) is 6.16. The highest BCUT2D eigenvalue weighted by atomic mass is 19.4. The predicted molar refractivity (Wildman–Crippen MR) is 70.0 cm³/mol. The van der Waals surface area contributed by atoms with E-state index in [0.29, 0.717) is 5.56 Å². The van der Waals surface area contributed by atoms with Crippen LogP contribution in [0.2, 0.25) is 0 Å². The second-order valence-corrected chi connectivity index (χ2v) is 4.56. The molecule has 0 fully saturated rings. The summed E-state index contributed by atoms with van der Waals surface area (Å²) < 4.78 is 38.9. The van der Waals surface area contributed by atoms with Crippen molar-refractivity contribution in [1.29, 1.82) is 5.26 Å². The Morgan fingerprint density at radius 2 is 1.90 bits per heavy atom. The minimum atomic E-state index is -4.44. The molecule has 0 saturated carbocycles. The molecule has 1 heterocycles. The van der Waals surface area contributed by atoms with Crippen LogP contribution in [0.4, 0.5) is 13.2 Å². The Balaban J connectivity index is 2.34. The van der Waals surface area contributed by atoms with Gasteiger partial charge in [-0.25, -0.2) is 0 Å². The normalized spacial score (nSPS) is 14.4. The van der Waals surface area contributed by atoms with Crippen molar-refractivity contribution in [3.8, 4) is 6.07 Å². The minimum absolute atomic E-state index is 0.0277. The SMILES string of the molecule is CNC(C#N)(Cn1cc(C(F)(F)F)cn1)c1ccccc1. The van der Waals surface area contributed by atoms with E-state index in [1.54, 1.807) is 37.4 Å². The molecule has 0 aliphatic carbocycles. The second-order valence-electron chi connectivity index (χ2n) is 4.56. The van der Waals surface area contributed by atoms with Gasteiger partial charge >= 0.3 is 6.18 Å². The summed E-state index contributed by atoms with van der Waals surface area (Å²) in [6.45, 7) is -0.0277. The lowest BCUT2D eigenvalue weighted by Crippen LogP contribution is -2.42. The number of halogens is 3. The van der Waals surface area contributed by atoms with Gasteiger partial charge in [0.2, 0.25) is 0 Å². The van der Waals surface area contributed by atoms with Gasteiger partial charge in [-0.05, 0) is 12.6 Å². The van der Waals surface area contributed by atoms with Crippen LogP contribution in [-0.2, 0) is 18.3 Å². The molecule has 1 unspecified atom stereocenters. The summed E-state index contributed by atoms with van der Waals surface area (Å²) >= 11 is 0. The maximum Gasteiger partial charge on any atom is 0.419 e. The molecule has 0 amide bonds. The van der Waals surface area contributed by atoms with Gasteiger partial charge in [0.25, 0.3) is 0 Å². The molecule has 2 aromatic rings. The van der Waals surface area contributed by atoms with Crippen molar-refractivity contribution in [2.45, 2.75) is 18.3 Å². The van der Waals surface area contributed by atoms with E-state index in [-0.39, 0.29) is 6.54 Å². The van der Waals surface area contributed by atoms with Gasteiger partial charge in [0.05, 0.1) is 24.4 Å². The number of nitrogens with one attached hydrogen (secondary N) is 1. The van der Waals surface area contributed by atoms with Crippen molar-refractivity contribution < 1.29 is 13.2 Å². The molecule has 0 aliphatic rings. The van der Waals surface area contributed by atoms with Gasteiger partial charge in [-0.15, -0.1) is 0 Å². The Bertz CT molecular complexity index is 642. The van der Waals surface area contributed by atoms with Gasteiger partial charge in [0, 0.05) is 6.20 Å². The van der Waals surface area contributed by atoms with E-state index < -0.39 is 17.3 Å². The van der Waals surface area contributed by atoms with Gasteiger partial charge in [0.1, 0.15) is 0 Å². The molecule has 110 valence electrons. The number of nitriles is 1. The average molecular weight is 294 g/mol. The number of nitrogens with zero attached hydrogens (tertiary/aromatic N) is 3. The summed E-state index contributed by atoms with van der Waals surface area (Å²) in [5, 5.41) is 16.1. The van der Waals surface area contributed by atoms with E-state index in [2.05, 4.69) is 16.5 Å². The first kappa shape index (κ1) is 15.1. The lowest BCUT2D eigenvalue weighted by Gasteiger charge is -2.26. The molecule has 1 aromatic heterocycles. The Hall–Kier alpha value is -2.33. The Kier molecular flexibility index (Phi) is 4.00. The van der Waals surface area contributed by atoms with Gasteiger partial charge in [-0.1, -0.05) is 30.3 Å². The molecule has 7 heteroatoms. The molecule has 0 radical (unpaired) electrons. The van der Waals surface area contributed by atoms with Crippen molar-refractivity contribution in [3.63, 3.8) is 0 Å². The zero-order valence-corrected chi connectivity index (χ0v) is 11.2. The van der Waals surface area contributed by atoms with Gasteiger partial charge in [-0.3, -0.25) is 10.00 Å². The quantitative estimate of drug-likeness (QED) is 0.942. The lowest BCUT2D eigenvalue weighted by molar-refractivity contribution is -0.137. The topological polar surface area (TPSA) is 53.6 Å². The molecular weight excluding hydrogens is 281 g/mol. The fraction of sp³-hybridized carbons (Fsp3) is 0.286. The van der Waals surface area contributed by atoms with Gasteiger partial charge in [-0.2, -0.15) is 23.5 Å². The maximum absolute atomic E-state index is 12.6. The number of likely N-dealkylation sites (N-methyl/N-ethyl adjacent to an activating group) is 1. The first-order chi connectivity index (χ1) is 9.91. The fourth-order valence-corrected chi connectivity index (χ4v) is 2.03. The number of hydrogen-bond acceptors (Lipinski definition) is 3. The molecule has 21 heavy (non-hydrogen) atoms. The summed E-state index contributed by atoms with van der Waals surface area (Å²) in [7, 11) is 1.59. The summed E-state index contributed by atoms with van der Waals surface area (Å²) in [5.41, 5.74) is -1.31. The molecular formula is C14H13F3N4. The van der Waals surface area contributed by atoms with Crippen molar-refractivity contribution in [3.05, 3.63) is 53.9 Å². The molecule has 1 aromatic carbocycles. The van der Waals surface area contributed by atoms with E-state index in [4.69, 9.17) is 0 Å². The molecule has 4 nitrogen and oxygen atoms in total. The summed E-state index contributed by atoms with van der Waals surface area (Å²) in [5.74, 6) is 0. The first-order valence-corrected chi connectivity index (χ1v) is 6.16. The second kappa shape index (κ2) is 5.58. The summed E-state index contributed by atoms with van der Waals surface area (Å²) in [6.07, 6.45) is -2.80. The Morgan fingerprint density at radius 3 is 2.38 bits per heavy atom. The smallest absolute Gasteiger partial charge is 0.297 e. The highest BCUT2D eigenvalue weighted by molar-refractivity contribution is 5.31. The maximum atomic E-state index is 12.6. The number of aromatic nitrogens is 2. The van der Waals surface area contributed by atoms with Crippen molar-refractivity contribution in [2.75, 3.05) is 7.05 Å². The molecule has 0 bridgehead atoms. The number of rotatable bonds is 4. The van der Waals surface area contributed by atoms with Crippen LogP contribution in [0.3, 0.4) is 0 Å². The standard InChI is InChI=1S/C14H13F3N4/c1-19-13(9-18,11-5-3-2-4-6-11)10-21-8-12(7-20-21)14(15,16)17/h2-8,19H,10H2,1H3. The molecule has 0 aliphatic heterocycles. The number of alkyl halides is 3. The average Bonchev–Trinajstić information content (AvgIpc) is 2.94. The highest BCUT2D eigenvalue weighted by Crippen LogP contribution is 2.29. The third kappa shape index (κ3) is 3.06. The van der Waals surface area contributed by atoms with Gasteiger partial charge < -0.3 is 0 Å². The fourth-order valence-electron chi connectivity index (χ4n) is 2.03.